The molecule has 0 atom stereocenters. The number of carbonyl (C=O) groups excluding carboxylic acids is 1. The first-order chi connectivity index (χ1) is 18.6. The molecule has 1 aliphatic rings. The molecule has 1 saturated heterocycles. The number of piperidine rings is 1. The van der Waals surface area contributed by atoms with Gasteiger partial charge in [0.2, 0.25) is 0 Å². The summed E-state index contributed by atoms with van der Waals surface area (Å²) in [6.45, 7) is 1.75. The number of methoxy groups -OCH3 is 1. The molecular weight excluding hydrogens is 494 g/mol. The van der Waals surface area contributed by atoms with E-state index in [1.165, 1.54) is 16.9 Å². The fourth-order valence-corrected chi connectivity index (χ4v) is 6.79. The van der Waals surface area contributed by atoms with Crippen LogP contribution in [-0.4, -0.2) is 40.6 Å². The van der Waals surface area contributed by atoms with Crippen molar-refractivity contribution in [2.24, 2.45) is 5.92 Å². The lowest BCUT2D eigenvalue weighted by Gasteiger charge is -2.32. The van der Waals surface area contributed by atoms with Crippen molar-refractivity contribution in [1.82, 2.24) is 14.5 Å². The van der Waals surface area contributed by atoms with Crippen molar-refractivity contribution in [2.75, 3.05) is 20.2 Å². The lowest BCUT2D eigenvalue weighted by Crippen LogP contribution is -2.38. The van der Waals surface area contributed by atoms with Gasteiger partial charge in [-0.15, -0.1) is 11.3 Å². The Hall–Kier alpha value is -3.97. The van der Waals surface area contributed by atoms with Crippen LogP contribution in [-0.2, 0) is 13.0 Å². The standard InChI is InChI=1S/C31H29N3O3S/c1-37-27-26-28(24-12-5-6-13-25(24)34(30(26)35)20-23-11-7-8-16-32-23)38-29(27)31(36)33-17-14-22(15-18-33)19-21-9-3-2-4-10-21/h2-13,16,22H,14-15,17-20H2,1H3. The third-order valence-corrected chi connectivity index (χ3v) is 8.67. The van der Waals surface area contributed by atoms with Gasteiger partial charge in [-0.05, 0) is 48.9 Å². The summed E-state index contributed by atoms with van der Waals surface area (Å²) in [5, 5.41) is 1.40. The number of aromatic nitrogens is 2. The van der Waals surface area contributed by atoms with Gasteiger partial charge in [-0.1, -0.05) is 54.6 Å². The molecule has 6 nitrogen and oxygen atoms in total. The van der Waals surface area contributed by atoms with Crippen LogP contribution < -0.4 is 10.3 Å². The first-order valence-corrected chi connectivity index (χ1v) is 13.8. The molecular formula is C31H29N3O3S. The van der Waals surface area contributed by atoms with Gasteiger partial charge in [-0.2, -0.15) is 0 Å². The maximum absolute atomic E-state index is 13.9. The van der Waals surface area contributed by atoms with E-state index in [4.69, 9.17) is 4.74 Å². The number of carbonyl (C=O) groups is 1. The van der Waals surface area contributed by atoms with Gasteiger partial charge in [0.15, 0.2) is 5.75 Å². The van der Waals surface area contributed by atoms with Crippen molar-refractivity contribution in [2.45, 2.75) is 25.8 Å². The molecule has 0 bridgehead atoms. The molecule has 2 aromatic carbocycles. The van der Waals surface area contributed by atoms with Crippen LogP contribution in [0.4, 0.5) is 0 Å². The van der Waals surface area contributed by atoms with E-state index in [2.05, 4.69) is 29.2 Å². The van der Waals surface area contributed by atoms with E-state index in [-0.39, 0.29) is 11.5 Å². The highest BCUT2D eigenvalue weighted by atomic mass is 32.1. The van der Waals surface area contributed by atoms with Crippen LogP contribution >= 0.6 is 11.3 Å². The van der Waals surface area contributed by atoms with E-state index in [1.807, 2.05) is 53.4 Å². The van der Waals surface area contributed by atoms with Gasteiger partial charge in [-0.25, -0.2) is 0 Å². The summed E-state index contributed by atoms with van der Waals surface area (Å²) in [5.41, 5.74) is 2.79. The number of hydrogen-bond donors (Lipinski definition) is 0. The maximum atomic E-state index is 13.9. The Labute approximate surface area is 225 Å². The summed E-state index contributed by atoms with van der Waals surface area (Å²) in [7, 11) is 1.54. The number of thiophene rings is 1. The number of hydrogen-bond acceptors (Lipinski definition) is 5. The first-order valence-electron chi connectivity index (χ1n) is 13.0. The number of benzene rings is 2. The molecule has 0 aliphatic carbocycles. The van der Waals surface area contributed by atoms with Crippen molar-refractivity contribution >= 4 is 38.2 Å². The van der Waals surface area contributed by atoms with E-state index in [1.54, 1.807) is 17.9 Å². The third-order valence-electron chi connectivity index (χ3n) is 7.48. The normalized spacial score (nSPS) is 14.3. The molecule has 1 fully saturated rings. The minimum Gasteiger partial charge on any atom is -0.494 e. The second-order valence-corrected chi connectivity index (χ2v) is 10.8. The predicted octanol–water partition coefficient (Wildman–Crippen LogP) is 5.76. The molecule has 7 heteroatoms. The number of ether oxygens (including phenoxy) is 1. The maximum Gasteiger partial charge on any atom is 0.267 e. The van der Waals surface area contributed by atoms with Crippen molar-refractivity contribution in [3.05, 3.63) is 105 Å². The number of likely N-dealkylation sites (tertiary alicyclic amines) is 1. The van der Waals surface area contributed by atoms with Gasteiger partial charge in [0.1, 0.15) is 10.3 Å². The topological polar surface area (TPSA) is 64.4 Å². The summed E-state index contributed by atoms with van der Waals surface area (Å²) in [6.07, 6.45) is 4.70. The van der Waals surface area contributed by atoms with Gasteiger partial charge in [0.25, 0.3) is 11.5 Å². The molecule has 1 amide bonds. The Morgan fingerprint density at radius 3 is 2.47 bits per heavy atom. The van der Waals surface area contributed by atoms with Crippen LogP contribution in [0.25, 0.3) is 21.0 Å². The van der Waals surface area contributed by atoms with Crippen LogP contribution in [0.2, 0.25) is 0 Å². The van der Waals surface area contributed by atoms with Crippen LogP contribution in [0, 0.1) is 5.92 Å². The van der Waals surface area contributed by atoms with Crippen LogP contribution in [0.5, 0.6) is 5.75 Å². The van der Waals surface area contributed by atoms with E-state index in [0.717, 1.165) is 40.6 Å². The van der Waals surface area contributed by atoms with Crippen molar-refractivity contribution in [3.8, 4) is 5.75 Å². The number of amides is 1. The average molecular weight is 524 g/mol. The number of nitrogens with zero attached hydrogens (tertiary/aromatic N) is 3. The van der Waals surface area contributed by atoms with Crippen molar-refractivity contribution in [1.29, 1.82) is 0 Å². The second-order valence-electron chi connectivity index (χ2n) is 9.82. The number of pyridine rings is 2. The van der Waals surface area contributed by atoms with E-state index < -0.39 is 0 Å². The average Bonchev–Trinajstić information content (AvgIpc) is 3.36. The zero-order chi connectivity index (χ0) is 26.1. The van der Waals surface area contributed by atoms with E-state index >= 15 is 0 Å². The zero-order valence-corrected chi connectivity index (χ0v) is 22.1. The molecule has 1 aliphatic heterocycles. The minimum atomic E-state index is -0.168. The monoisotopic (exact) mass is 523 g/mol. The van der Waals surface area contributed by atoms with Gasteiger partial charge >= 0.3 is 0 Å². The molecule has 0 spiro atoms. The Bertz CT molecular complexity index is 1650. The number of para-hydroxylation sites is 1. The molecule has 3 aromatic heterocycles. The molecule has 38 heavy (non-hydrogen) atoms. The number of fused-ring (bicyclic) bond motifs is 3. The minimum absolute atomic E-state index is 0.0547. The zero-order valence-electron chi connectivity index (χ0n) is 21.3. The number of rotatable bonds is 6. The molecule has 0 radical (unpaired) electrons. The molecule has 192 valence electrons. The lowest BCUT2D eigenvalue weighted by molar-refractivity contribution is 0.0692. The molecule has 5 aromatic rings. The highest BCUT2D eigenvalue weighted by Gasteiger charge is 2.30. The van der Waals surface area contributed by atoms with E-state index in [0.29, 0.717) is 41.6 Å². The summed E-state index contributed by atoms with van der Waals surface area (Å²) < 4.78 is 8.31. The molecule has 0 saturated carbocycles. The van der Waals surface area contributed by atoms with Crippen molar-refractivity contribution < 1.29 is 9.53 Å². The Morgan fingerprint density at radius 2 is 1.74 bits per heavy atom. The summed E-state index contributed by atoms with van der Waals surface area (Å²) in [4.78, 5) is 34.5. The fraction of sp³-hybridized carbons (Fsp3) is 0.258. The smallest absolute Gasteiger partial charge is 0.267 e. The summed E-state index contributed by atoms with van der Waals surface area (Å²) in [5.74, 6) is 0.890. The van der Waals surface area contributed by atoms with Gasteiger partial charge < -0.3 is 14.2 Å². The SMILES string of the molecule is COc1c(C(=O)N2CCC(Cc3ccccc3)CC2)sc2c1c(=O)n(Cc1ccccn1)c1ccccc21. The van der Waals surface area contributed by atoms with Gasteiger partial charge in [0.05, 0.1) is 29.6 Å². The third kappa shape index (κ3) is 4.47. The Balaban J connectivity index is 1.35. The summed E-state index contributed by atoms with van der Waals surface area (Å²) >= 11 is 1.37. The Kier molecular flexibility index (Phi) is 6.68. The predicted molar refractivity (Wildman–Crippen MR) is 152 cm³/mol. The second kappa shape index (κ2) is 10.4. The van der Waals surface area contributed by atoms with E-state index in [9.17, 15) is 9.59 Å². The highest BCUT2D eigenvalue weighted by Crippen LogP contribution is 2.40. The molecule has 0 unspecified atom stereocenters. The summed E-state index contributed by atoms with van der Waals surface area (Å²) in [6, 6.07) is 24.1. The van der Waals surface area contributed by atoms with Crippen LogP contribution in [0.3, 0.4) is 0 Å². The van der Waals surface area contributed by atoms with Crippen LogP contribution in [0.15, 0.2) is 83.8 Å². The highest BCUT2D eigenvalue weighted by molar-refractivity contribution is 7.22. The quantitative estimate of drug-likeness (QED) is 0.284. The van der Waals surface area contributed by atoms with Gasteiger partial charge in [-0.3, -0.25) is 14.6 Å². The lowest BCUT2D eigenvalue weighted by atomic mass is 9.90. The fourth-order valence-electron chi connectivity index (χ4n) is 5.52. The van der Waals surface area contributed by atoms with Crippen LogP contribution in [0.1, 0.15) is 33.8 Å². The molecule has 0 N–H and O–H groups in total. The first kappa shape index (κ1) is 24.4. The molecule has 4 heterocycles. The molecule has 6 rings (SSSR count). The largest absolute Gasteiger partial charge is 0.494 e. The van der Waals surface area contributed by atoms with Gasteiger partial charge in [0, 0.05) is 24.7 Å². The van der Waals surface area contributed by atoms with Crippen molar-refractivity contribution in [3.63, 3.8) is 0 Å². The Morgan fingerprint density at radius 1 is 1.00 bits per heavy atom.